The highest BCUT2D eigenvalue weighted by atomic mass is 35.5. The molecule has 4 N–H and O–H groups in total. The maximum absolute atomic E-state index is 12.4. The molecule has 0 aliphatic heterocycles. The number of hydrogen-bond donors (Lipinski definition) is 4. The summed E-state index contributed by atoms with van der Waals surface area (Å²) in [5.41, 5.74) is 2.04. The van der Waals surface area contributed by atoms with E-state index in [0.717, 1.165) is 0 Å². The number of amides is 3. The Bertz CT molecular complexity index is 1370. The maximum Gasteiger partial charge on any atom is 0.323 e. The molecule has 9 nitrogen and oxygen atoms in total. The third-order valence-corrected chi connectivity index (χ3v) is 4.91. The summed E-state index contributed by atoms with van der Waals surface area (Å²) in [5.74, 6) is -0.211. The lowest BCUT2D eigenvalue weighted by Gasteiger charge is -2.09. The molecular weight excluding hydrogens is 446 g/mol. The van der Waals surface area contributed by atoms with Crippen molar-refractivity contribution in [1.82, 2.24) is 4.98 Å². The Kier molecular flexibility index (Phi) is 6.23. The predicted octanol–water partition coefficient (Wildman–Crippen LogP) is 6.10. The molecule has 10 heteroatoms. The van der Waals surface area contributed by atoms with Gasteiger partial charge in [0, 0.05) is 33.4 Å². The Morgan fingerprint density at radius 3 is 2.52 bits per heavy atom. The van der Waals surface area contributed by atoms with Crippen molar-refractivity contribution < 1.29 is 19.4 Å². The first-order chi connectivity index (χ1) is 15.9. The average molecular weight is 464 g/mol. The Hall–Kier alpha value is -4.37. The van der Waals surface area contributed by atoms with Gasteiger partial charge in [-0.15, -0.1) is 10.2 Å². The normalized spacial score (nSPS) is 11.0. The fourth-order valence-corrected chi connectivity index (χ4v) is 3.25. The predicted molar refractivity (Wildman–Crippen MR) is 126 cm³/mol. The number of aromatic amines is 1. The number of nitrogens with zero attached hydrogens (tertiary/aromatic N) is 2. The monoisotopic (exact) mass is 463 g/mol. The van der Waals surface area contributed by atoms with Gasteiger partial charge in [0.1, 0.15) is 5.75 Å². The molecule has 166 valence electrons. The van der Waals surface area contributed by atoms with Crippen LogP contribution in [-0.2, 0) is 0 Å². The summed E-state index contributed by atoms with van der Waals surface area (Å²) in [7, 11) is 1.54. The van der Waals surface area contributed by atoms with E-state index in [1.165, 1.54) is 12.1 Å². The smallest absolute Gasteiger partial charge is 0.323 e. The molecule has 0 spiro atoms. The van der Waals surface area contributed by atoms with Gasteiger partial charge < -0.3 is 25.5 Å². The first-order valence-electron chi connectivity index (χ1n) is 9.71. The Labute approximate surface area is 193 Å². The van der Waals surface area contributed by atoms with Crippen molar-refractivity contribution in [2.45, 2.75) is 0 Å². The maximum atomic E-state index is 12.4. The van der Waals surface area contributed by atoms with Crippen LogP contribution in [0.4, 0.5) is 21.9 Å². The zero-order valence-electron chi connectivity index (χ0n) is 17.3. The first-order valence-corrected chi connectivity index (χ1v) is 10.1. The number of carbonyl (C=O) groups is 2. The molecule has 3 amide bonds. The minimum atomic E-state index is -0.613. The molecule has 0 saturated carbocycles. The van der Waals surface area contributed by atoms with E-state index in [1.807, 2.05) is 0 Å². The van der Waals surface area contributed by atoms with Gasteiger partial charge >= 0.3 is 6.03 Å². The van der Waals surface area contributed by atoms with Crippen LogP contribution in [0.15, 0.2) is 77.0 Å². The number of carbonyl (C=O) groups excluding carboxylic acids is 2. The molecule has 0 atom stereocenters. The summed E-state index contributed by atoms with van der Waals surface area (Å²) >= 11 is 5.99. The van der Waals surface area contributed by atoms with Crippen LogP contribution in [0.25, 0.3) is 10.9 Å². The second-order valence-corrected chi connectivity index (χ2v) is 7.34. The second-order valence-electron chi connectivity index (χ2n) is 6.91. The van der Waals surface area contributed by atoms with E-state index in [-0.39, 0.29) is 17.1 Å². The van der Waals surface area contributed by atoms with Crippen molar-refractivity contribution in [2.24, 2.45) is 10.2 Å². The average Bonchev–Trinajstić information content (AvgIpc) is 3.12. The van der Waals surface area contributed by atoms with Gasteiger partial charge in [0.05, 0.1) is 12.6 Å². The largest absolute Gasteiger partial charge is 0.497 e. The number of halogens is 1. The molecule has 4 rings (SSSR count). The number of aromatic nitrogens is 1. The van der Waals surface area contributed by atoms with Gasteiger partial charge in [-0.1, -0.05) is 17.7 Å². The van der Waals surface area contributed by atoms with Crippen LogP contribution in [0.2, 0.25) is 5.02 Å². The molecule has 0 aliphatic carbocycles. The van der Waals surface area contributed by atoms with Crippen molar-refractivity contribution in [3.63, 3.8) is 0 Å². The van der Waals surface area contributed by atoms with Crippen LogP contribution in [0, 0.1) is 0 Å². The molecule has 0 bridgehead atoms. The molecule has 0 fully saturated rings. The highest BCUT2D eigenvalue weighted by Crippen LogP contribution is 2.36. The standard InChI is InChI=1S/C23H18ClN5O4/c1-33-17-4-2-3-16(12-17)26-23(32)25-15-8-5-13(6-9-15)21(30)29-28-20-18-11-14(24)7-10-19(18)27-22(20)31/h2-12,27,31H,1H3,(H2,25,26,32). The van der Waals surface area contributed by atoms with Crippen molar-refractivity contribution in [3.8, 4) is 11.6 Å². The third-order valence-electron chi connectivity index (χ3n) is 4.67. The number of ether oxygens (including phenoxy) is 1. The minimum absolute atomic E-state index is 0.119. The van der Waals surface area contributed by atoms with Crippen molar-refractivity contribution in [1.29, 1.82) is 0 Å². The fourth-order valence-electron chi connectivity index (χ4n) is 3.08. The number of urea groups is 1. The number of methoxy groups -OCH3 is 1. The molecule has 0 aliphatic rings. The zero-order valence-corrected chi connectivity index (χ0v) is 18.1. The molecule has 4 aromatic rings. The second kappa shape index (κ2) is 9.41. The summed E-state index contributed by atoms with van der Waals surface area (Å²) in [6, 6.07) is 17.6. The topological polar surface area (TPSA) is 128 Å². The minimum Gasteiger partial charge on any atom is -0.497 e. The number of anilines is 2. The number of azo groups is 1. The molecule has 3 aromatic carbocycles. The van der Waals surface area contributed by atoms with Gasteiger partial charge in [0.2, 0.25) is 5.88 Å². The molecule has 0 unspecified atom stereocenters. The highest BCUT2D eigenvalue weighted by Gasteiger charge is 2.12. The number of H-pyrrole nitrogens is 1. The lowest BCUT2D eigenvalue weighted by atomic mass is 10.2. The number of rotatable bonds is 5. The van der Waals surface area contributed by atoms with Crippen LogP contribution in [-0.4, -0.2) is 29.1 Å². The first kappa shape index (κ1) is 21.8. The number of nitrogens with one attached hydrogen (secondary N) is 3. The van der Waals surface area contributed by atoms with E-state index < -0.39 is 11.9 Å². The Morgan fingerprint density at radius 2 is 1.76 bits per heavy atom. The number of aromatic hydroxyl groups is 1. The van der Waals surface area contributed by atoms with Crippen molar-refractivity contribution in [2.75, 3.05) is 17.7 Å². The van der Waals surface area contributed by atoms with Crippen LogP contribution >= 0.6 is 11.6 Å². The van der Waals surface area contributed by atoms with Gasteiger partial charge in [-0.3, -0.25) is 4.79 Å². The highest BCUT2D eigenvalue weighted by molar-refractivity contribution is 6.31. The van der Waals surface area contributed by atoms with E-state index in [9.17, 15) is 14.7 Å². The summed E-state index contributed by atoms with van der Waals surface area (Å²) < 4.78 is 5.12. The lowest BCUT2D eigenvalue weighted by Crippen LogP contribution is -2.19. The third kappa shape index (κ3) is 5.10. The van der Waals surface area contributed by atoms with E-state index in [4.69, 9.17) is 16.3 Å². The van der Waals surface area contributed by atoms with Crippen LogP contribution in [0.1, 0.15) is 10.4 Å². The summed E-state index contributed by atoms with van der Waals surface area (Å²) in [6.45, 7) is 0. The van der Waals surface area contributed by atoms with E-state index in [0.29, 0.717) is 33.0 Å². The van der Waals surface area contributed by atoms with Crippen molar-refractivity contribution >= 4 is 51.5 Å². The van der Waals surface area contributed by atoms with Gasteiger partial charge in [-0.25, -0.2) is 4.79 Å². The molecule has 33 heavy (non-hydrogen) atoms. The Balaban J connectivity index is 1.41. The van der Waals surface area contributed by atoms with E-state index in [1.54, 1.807) is 61.7 Å². The molecule has 1 heterocycles. The summed E-state index contributed by atoms with van der Waals surface area (Å²) in [6.07, 6.45) is 0. The van der Waals surface area contributed by atoms with Gasteiger partial charge in [-0.2, -0.15) is 0 Å². The quantitative estimate of drug-likeness (QED) is 0.266. The fraction of sp³-hybridized carbons (Fsp3) is 0.0435. The van der Waals surface area contributed by atoms with Gasteiger partial charge in [-0.05, 0) is 54.6 Å². The van der Waals surface area contributed by atoms with Crippen LogP contribution < -0.4 is 15.4 Å². The molecule has 0 radical (unpaired) electrons. The van der Waals surface area contributed by atoms with Gasteiger partial charge in [0.25, 0.3) is 5.91 Å². The van der Waals surface area contributed by atoms with E-state index >= 15 is 0 Å². The number of hydrogen-bond acceptors (Lipinski definition) is 5. The molecular formula is C23H18ClN5O4. The van der Waals surface area contributed by atoms with Crippen LogP contribution in [0.5, 0.6) is 11.6 Å². The SMILES string of the molecule is COc1cccc(NC(=O)Nc2ccc(C(=O)N=Nc3c(O)[nH]c4ccc(Cl)cc34)cc2)c1. The van der Waals surface area contributed by atoms with E-state index in [2.05, 4.69) is 25.8 Å². The van der Waals surface area contributed by atoms with Crippen LogP contribution in [0.3, 0.4) is 0 Å². The van der Waals surface area contributed by atoms with Crippen molar-refractivity contribution in [3.05, 3.63) is 77.3 Å². The number of fused-ring (bicyclic) bond motifs is 1. The molecule has 0 saturated heterocycles. The summed E-state index contributed by atoms with van der Waals surface area (Å²) in [4.78, 5) is 27.3. The summed E-state index contributed by atoms with van der Waals surface area (Å²) in [5, 5.41) is 24.0. The lowest BCUT2D eigenvalue weighted by molar-refractivity contribution is 0.0995. The number of benzene rings is 3. The molecule has 1 aromatic heterocycles. The zero-order chi connectivity index (χ0) is 23.4. The Morgan fingerprint density at radius 1 is 1.00 bits per heavy atom. The van der Waals surface area contributed by atoms with Gasteiger partial charge in [0.15, 0.2) is 5.69 Å².